The summed E-state index contributed by atoms with van der Waals surface area (Å²) in [7, 11) is 0. The minimum atomic E-state index is -0.843. The molecule has 1 aromatic rings. The second-order valence-corrected chi connectivity index (χ2v) is 3.51. The molecule has 2 rings (SSSR count). The third kappa shape index (κ3) is 2.07. The van der Waals surface area contributed by atoms with Gasteiger partial charge in [0, 0.05) is 12.5 Å². The number of benzene rings is 1. The van der Waals surface area contributed by atoms with Gasteiger partial charge in [0.15, 0.2) is 0 Å². The van der Waals surface area contributed by atoms with Crippen LogP contribution in [0.25, 0.3) is 0 Å². The maximum atomic E-state index is 10.9. The number of carbonyl (C=O) groups excluding carboxylic acids is 1. The van der Waals surface area contributed by atoms with Crippen molar-refractivity contribution in [2.75, 3.05) is 0 Å². The number of nitrogens with zero attached hydrogens (tertiary/aromatic N) is 2. The number of para-hydroxylation sites is 1. The molecule has 7 nitrogen and oxygen atoms in total. The summed E-state index contributed by atoms with van der Waals surface area (Å²) in [5.41, 5.74) is 5.71. The normalized spacial score (nSPS) is 18.4. The molecule has 0 saturated heterocycles. The molecule has 0 bridgehead atoms. The molecule has 0 aliphatic carbocycles. The van der Waals surface area contributed by atoms with E-state index in [0.717, 1.165) is 0 Å². The molecule has 1 heterocycles. The second-order valence-electron chi connectivity index (χ2n) is 3.51. The van der Waals surface area contributed by atoms with E-state index >= 15 is 0 Å². The fourth-order valence-corrected chi connectivity index (χ4v) is 1.57. The Morgan fingerprint density at radius 3 is 2.82 bits per heavy atom. The number of oxime groups is 1. The number of nitro benzene ring substituents is 1. The quantitative estimate of drug-likeness (QED) is 0.610. The van der Waals surface area contributed by atoms with Crippen LogP contribution in [0.15, 0.2) is 29.4 Å². The first kappa shape index (κ1) is 11.1. The fourth-order valence-electron chi connectivity index (χ4n) is 1.57. The van der Waals surface area contributed by atoms with Gasteiger partial charge in [-0.3, -0.25) is 14.9 Å². The number of amides is 1. The van der Waals surface area contributed by atoms with Crippen LogP contribution in [0.4, 0.5) is 5.69 Å². The molecule has 1 amide bonds. The summed E-state index contributed by atoms with van der Waals surface area (Å²) in [5.74, 6) is -0.637. The SMILES string of the molecule is NC(=O)[C@H]1CC(c2ccccc2[N+](=O)[O-])=NO1. The summed E-state index contributed by atoms with van der Waals surface area (Å²) in [6.07, 6.45) is -0.690. The number of carbonyl (C=O) groups is 1. The summed E-state index contributed by atoms with van der Waals surface area (Å²) < 4.78 is 0. The van der Waals surface area contributed by atoms with Crippen molar-refractivity contribution in [2.45, 2.75) is 12.5 Å². The van der Waals surface area contributed by atoms with E-state index in [-0.39, 0.29) is 12.1 Å². The van der Waals surface area contributed by atoms with Gasteiger partial charge < -0.3 is 10.6 Å². The van der Waals surface area contributed by atoms with Crippen molar-refractivity contribution in [3.8, 4) is 0 Å². The number of nitro groups is 1. The monoisotopic (exact) mass is 235 g/mol. The highest BCUT2D eigenvalue weighted by Crippen LogP contribution is 2.24. The Morgan fingerprint density at radius 2 is 2.24 bits per heavy atom. The van der Waals surface area contributed by atoms with Crippen LogP contribution in [0, 0.1) is 10.1 Å². The van der Waals surface area contributed by atoms with Gasteiger partial charge in [-0.2, -0.15) is 0 Å². The molecule has 88 valence electrons. The van der Waals surface area contributed by atoms with E-state index in [1.165, 1.54) is 6.07 Å². The van der Waals surface area contributed by atoms with Crippen LogP contribution in [0.3, 0.4) is 0 Å². The van der Waals surface area contributed by atoms with Gasteiger partial charge in [-0.1, -0.05) is 17.3 Å². The zero-order valence-electron chi connectivity index (χ0n) is 8.70. The summed E-state index contributed by atoms with van der Waals surface area (Å²) >= 11 is 0. The first-order valence-electron chi connectivity index (χ1n) is 4.85. The summed E-state index contributed by atoms with van der Waals surface area (Å²) in [5, 5.41) is 14.5. The maximum Gasteiger partial charge on any atom is 0.278 e. The lowest BCUT2D eigenvalue weighted by Crippen LogP contribution is -2.28. The zero-order chi connectivity index (χ0) is 12.4. The predicted octanol–water partition coefficient (Wildman–Crippen LogP) is 0.573. The van der Waals surface area contributed by atoms with Crippen LogP contribution in [0.5, 0.6) is 0 Å². The molecule has 0 fully saturated rings. The van der Waals surface area contributed by atoms with Crippen molar-refractivity contribution in [3.05, 3.63) is 39.9 Å². The van der Waals surface area contributed by atoms with Gasteiger partial charge in [-0.05, 0) is 6.07 Å². The second kappa shape index (κ2) is 4.20. The number of rotatable bonds is 3. The highest BCUT2D eigenvalue weighted by Gasteiger charge is 2.30. The standard InChI is InChI=1S/C10H9N3O4/c11-10(14)9-5-7(12-17-9)6-3-1-2-4-8(6)13(15)16/h1-4,9H,5H2,(H2,11,14)/t9-/m1/s1. The van der Waals surface area contributed by atoms with E-state index in [2.05, 4.69) is 5.16 Å². The van der Waals surface area contributed by atoms with Gasteiger partial charge in [0.1, 0.15) is 0 Å². The highest BCUT2D eigenvalue weighted by atomic mass is 16.6. The fraction of sp³-hybridized carbons (Fsp3) is 0.200. The van der Waals surface area contributed by atoms with Gasteiger partial charge in [-0.25, -0.2) is 0 Å². The van der Waals surface area contributed by atoms with Crippen LogP contribution >= 0.6 is 0 Å². The predicted molar refractivity (Wildman–Crippen MR) is 58.3 cm³/mol. The van der Waals surface area contributed by atoms with Crippen molar-refractivity contribution >= 4 is 17.3 Å². The molecule has 1 aromatic carbocycles. The Kier molecular flexibility index (Phi) is 2.73. The average molecular weight is 235 g/mol. The molecular formula is C10H9N3O4. The minimum absolute atomic E-state index is 0.0695. The lowest BCUT2D eigenvalue weighted by atomic mass is 10.0. The molecule has 1 aliphatic rings. The van der Waals surface area contributed by atoms with Crippen LogP contribution in [-0.2, 0) is 9.63 Å². The van der Waals surface area contributed by atoms with Crippen LogP contribution in [0.1, 0.15) is 12.0 Å². The van der Waals surface area contributed by atoms with Crippen molar-refractivity contribution in [3.63, 3.8) is 0 Å². The van der Waals surface area contributed by atoms with Gasteiger partial charge in [0.25, 0.3) is 11.6 Å². The Labute approximate surface area is 96.0 Å². The molecule has 2 N–H and O–H groups in total. The first-order chi connectivity index (χ1) is 8.09. The van der Waals surface area contributed by atoms with Gasteiger partial charge in [0.2, 0.25) is 6.10 Å². The third-order valence-electron chi connectivity index (χ3n) is 2.40. The molecular weight excluding hydrogens is 226 g/mol. The van der Waals surface area contributed by atoms with Gasteiger partial charge >= 0.3 is 0 Å². The number of hydrogen-bond donors (Lipinski definition) is 1. The molecule has 17 heavy (non-hydrogen) atoms. The Bertz CT molecular complexity index is 512. The van der Waals surface area contributed by atoms with Crippen LogP contribution in [-0.4, -0.2) is 22.6 Å². The molecule has 0 radical (unpaired) electrons. The van der Waals surface area contributed by atoms with Crippen molar-refractivity contribution in [2.24, 2.45) is 10.9 Å². The minimum Gasteiger partial charge on any atom is -0.382 e. The molecule has 0 saturated carbocycles. The average Bonchev–Trinajstić information content (AvgIpc) is 2.78. The first-order valence-corrected chi connectivity index (χ1v) is 4.85. The Hall–Kier alpha value is -2.44. The number of primary amides is 1. The van der Waals surface area contributed by atoms with Gasteiger partial charge in [-0.15, -0.1) is 0 Å². The van der Waals surface area contributed by atoms with Crippen LogP contribution < -0.4 is 5.73 Å². The van der Waals surface area contributed by atoms with Crippen molar-refractivity contribution in [1.29, 1.82) is 0 Å². The van der Waals surface area contributed by atoms with Crippen molar-refractivity contribution < 1.29 is 14.6 Å². The Morgan fingerprint density at radius 1 is 1.53 bits per heavy atom. The molecule has 0 unspecified atom stereocenters. The smallest absolute Gasteiger partial charge is 0.278 e. The lowest BCUT2D eigenvalue weighted by molar-refractivity contribution is -0.385. The summed E-state index contributed by atoms with van der Waals surface area (Å²) in [6, 6.07) is 6.14. The van der Waals surface area contributed by atoms with E-state index in [4.69, 9.17) is 10.6 Å². The largest absolute Gasteiger partial charge is 0.382 e. The zero-order valence-corrected chi connectivity index (χ0v) is 8.70. The lowest BCUT2D eigenvalue weighted by Gasteiger charge is -2.01. The van der Waals surface area contributed by atoms with E-state index in [1.807, 2.05) is 0 Å². The van der Waals surface area contributed by atoms with E-state index in [0.29, 0.717) is 11.3 Å². The molecule has 1 aliphatic heterocycles. The molecule has 7 heteroatoms. The summed E-state index contributed by atoms with van der Waals surface area (Å²) in [6.45, 7) is 0. The third-order valence-corrected chi connectivity index (χ3v) is 2.40. The van der Waals surface area contributed by atoms with Gasteiger partial charge in [0.05, 0.1) is 16.2 Å². The van der Waals surface area contributed by atoms with E-state index < -0.39 is 16.9 Å². The molecule has 0 aromatic heterocycles. The highest BCUT2D eigenvalue weighted by molar-refractivity contribution is 6.06. The van der Waals surface area contributed by atoms with Crippen LogP contribution in [0.2, 0.25) is 0 Å². The maximum absolute atomic E-state index is 10.9. The molecule has 1 atom stereocenters. The van der Waals surface area contributed by atoms with E-state index in [9.17, 15) is 14.9 Å². The Balaban J connectivity index is 2.31. The molecule has 0 spiro atoms. The topological polar surface area (TPSA) is 108 Å². The van der Waals surface area contributed by atoms with Crippen molar-refractivity contribution in [1.82, 2.24) is 0 Å². The number of nitrogens with two attached hydrogens (primary N) is 1. The number of hydrogen-bond acceptors (Lipinski definition) is 5. The van der Waals surface area contributed by atoms with E-state index in [1.54, 1.807) is 18.2 Å². The summed E-state index contributed by atoms with van der Waals surface area (Å²) in [4.78, 5) is 26.0.